The van der Waals surface area contributed by atoms with Gasteiger partial charge in [0, 0.05) is 40.1 Å². The number of nitrogens with zero attached hydrogens (tertiary/aromatic N) is 2. The highest BCUT2D eigenvalue weighted by molar-refractivity contribution is 7.85. The molecule has 1 aliphatic heterocycles. The zero-order chi connectivity index (χ0) is 11.5. The molecule has 1 aromatic rings. The lowest BCUT2D eigenvalue weighted by Gasteiger charge is -2.23. The molecule has 0 spiro atoms. The fourth-order valence-corrected chi connectivity index (χ4v) is 3.11. The number of nitrogens with one attached hydrogen (secondary N) is 1. The number of nitrogens with two attached hydrogens (primary N) is 1. The normalized spacial score (nSPS) is 25.3. The van der Waals surface area contributed by atoms with E-state index < -0.39 is 10.8 Å². The molecule has 0 aromatic carbocycles. The minimum Gasteiger partial charge on any atom is -0.368 e. The Hall–Kier alpha value is -1.17. The average Bonchev–Trinajstić information content (AvgIpc) is 2.20. The van der Waals surface area contributed by atoms with Crippen molar-refractivity contribution in [1.82, 2.24) is 9.97 Å². The maximum absolute atomic E-state index is 11.2. The fraction of sp³-hybridized carbons (Fsp3) is 0.600. The molecule has 0 aliphatic carbocycles. The summed E-state index contributed by atoms with van der Waals surface area (Å²) in [5, 5.41) is 3.32. The van der Waals surface area contributed by atoms with Crippen LogP contribution in [0.2, 0.25) is 0 Å². The van der Waals surface area contributed by atoms with Crippen molar-refractivity contribution in [3.05, 3.63) is 11.8 Å². The van der Waals surface area contributed by atoms with Crippen molar-refractivity contribution in [2.45, 2.75) is 25.8 Å². The summed E-state index contributed by atoms with van der Waals surface area (Å²) >= 11 is 0. The van der Waals surface area contributed by atoms with E-state index in [1.54, 1.807) is 0 Å². The molecule has 0 radical (unpaired) electrons. The van der Waals surface area contributed by atoms with Gasteiger partial charge in [0.25, 0.3) is 0 Å². The topological polar surface area (TPSA) is 80.9 Å². The zero-order valence-corrected chi connectivity index (χ0v) is 10.1. The van der Waals surface area contributed by atoms with Crippen LogP contribution in [0.4, 0.5) is 11.8 Å². The van der Waals surface area contributed by atoms with Gasteiger partial charge >= 0.3 is 0 Å². The van der Waals surface area contributed by atoms with Gasteiger partial charge in [-0.05, 0) is 19.8 Å². The predicted molar refractivity (Wildman–Crippen MR) is 65.7 cm³/mol. The van der Waals surface area contributed by atoms with Crippen molar-refractivity contribution in [2.24, 2.45) is 0 Å². The van der Waals surface area contributed by atoms with E-state index in [0.717, 1.165) is 35.9 Å². The third-order valence-electron chi connectivity index (χ3n) is 2.61. The highest BCUT2D eigenvalue weighted by atomic mass is 32.2. The van der Waals surface area contributed by atoms with Gasteiger partial charge < -0.3 is 11.1 Å². The summed E-state index contributed by atoms with van der Waals surface area (Å²) < 4.78 is 11.2. The third kappa shape index (κ3) is 2.91. The van der Waals surface area contributed by atoms with E-state index in [-0.39, 0.29) is 0 Å². The molecule has 3 N–H and O–H groups in total. The summed E-state index contributed by atoms with van der Waals surface area (Å²) in [6.45, 7) is 1.89. The van der Waals surface area contributed by atoms with Crippen LogP contribution in [0.3, 0.4) is 0 Å². The Morgan fingerprint density at radius 2 is 2.12 bits per heavy atom. The Labute approximate surface area is 97.3 Å². The molecule has 1 saturated heterocycles. The van der Waals surface area contributed by atoms with Crippen LogP contribution in [0.25, 0.3) is 0 Å². The van der Waals surface area contributed by atoms with Gasteiger partial charge in [-0.15, -0.1) is 0 Å². The number of hydrogen-bond acceptors (Lipinski definition) is 5. The molecule has 1 aliphatic rings. The maximum Gasteiger partial charge on any atom is 0.222 e. The van der Waals surface area contributed by atoms with E-state index in [0.29, 0.717) is 12.0 Å². The van der Waals surface area contributed by atoms with Crippen molar-refractivity contribution in [3.8, 4) is 0 Å². The summed E-state index contributed by atoms with van der Waals surface area (Å²) in [6.07, 6.45) is 1.85. The van der Waals surface area contributed by atoms with Crippen LogP contribution in [0.15, 0.2) is 6.07 Å². The smallest absolute Gasteiger partial charge is 0.222 e. The Morgan fingerprint density at radius 3 is 2.75 bits per heavy atom. The van der Waals surface area contributed by atoms with E-state index in [2.05, 4.69) is 15.3 Å². The standard InChI is InChI=1S/C10H16N4OS/c1-7-6-9(14-10(11)12-7)13-8-2-4-16(15)5-3-8/h6,8H,2-5H2,1H3,(H3,11,12,13,14). The minimum atomic E-state index is -0.625. The number of anilines is 2. The van der Waals surface area contributed by atoms with E-state index in [1.165, 1.54) is 0 Å². The quantitative estimate of drug-likeness (QED) is 0.795. The molecule has 0 saturated carbocycles. The molecule has 0 atom stereocenters. The van der Waals surface area contributed by atoms with Gasteiger partial charge in [-0.3, -0.25) is 4.21 Å². The second-order valence-corrected chi connectivity index (χ2v) is 5.72. The molecule has 5 nitrogen and oxygen atoms in total. The van der Waals surface area contributed by atoms with Gasteiger partial charge in [0.2, 0.25) is 5.95 Å². The van der Waals surface area contributed by atoms with Crippen molar-refractivity contribution in [3.63, 3.8) is 0 Å². The molecule has 0 bridgehead atoms. The molecular formula is C10H16N4OS. The number of aryl methyl sites for hydroxylation is 1. The lowest BCUT2D eigenvalue weighted by molar-refractivity contribution is 0.622. The molecule has 0 unspecified atom stereocenters. The van der Waals surface area contributed by atoms with Gasteiger partial charge in [-0.2, -0.15) is 4.98 Å². The molecule has 1 aromatic heterocycles. The van der Waals surface area contributed by atoms with Gasteiger partial charge in [-0.1, -0.05) is 0 Å². The molecule has 2 heterocycles. The molecular weight excluding hydrogens is 224 g/mol. The van der Waals surface area contributed by atoms with Crippen LogP contribution < -0.4 is 11.1 Å². The molecule has 6 heteroatoms. The number of rotatable bonds is 2. The summed E-state index contributed by atoms with van der Waals surface area (Å²) in [5.41, 5.74) is 6.43. The van der Waals surface area contributed by atoms with Gasteiger partial charge in [0.15, 0.2) is 0 Å². The minimum absolute atomic E-state index is 0.293. The van der Waals surface area contributed by atoms with E-state index >= 15 is 0 Å². The van der Waals surface area contributed by atoms with Gasteiger partial charge in [0.05, 0.1) is 0 Å². The monoisotopic (exact) mass is 240 g/mol. The van der Waals surface area contributed by atoms with Crippen LogP contribution in [0, 0.1) is 6.92 Å². The summed E-state index contributed by atoms with van der Waals surface area (Å²) in [5.74, 6) is 2.61. The maximum atomic E-state index is 11.2. The Morgan fingerprint density at radius 1 is 1.44 bits per heavy atom. The van der Waals surface area contributed by atoms with E-state index in [9.17, 15) is 4.21 Å². The van der Waals surface area contributed by atoms with Gasteiger partial charge in [-0.25, -0.2) is 4.98 Å². The lowest BCUT2D eigenvalue weighted by atomic mass is 10.1. The van der Waals surface area contributed by atoms with Crippen molar-refractivity contribution in [1.29, 1.82) is 0 Å². The molecule has 88 valence electrons. The average molecular weight is 240 g/mol. The highest BCUT2D eigenvalue weighted by Crippen LogP contribution is 2.15. The first-order valence-electron chi connectivity index (χ1n) is 5.36. The number of hydrogen-bond donors (Lipinski definition) is 2. The largest absolute Gasteiger partial charge is 0.368 e. The Balaban J connectivity index is 2.00. The van der Waals surface area contributed by atoms with E-state index in [1.807, 2.05) is 13.0 Å². The Bertz CT molecular complexity index is 380. The van der Waals surface area contributed by atoms with Crippen LogP contribution in [-0.2, 0) is 10.8 Å². The molecule has 0 amide bonds. The lowest BCUT2D eigenvalue weighted by Crippen LogP contribution is -2.29. The second-order valence-electron chi connectivity index (χ2n) is 4.02. The first-order valence-corrected chi connectivity index (χ1v) is 6.85. The van der Waals surface area contributed by atoms with Crippen molar-refractivity contribution >= 4 is 22.6 Å². The first kappa shape index (κ1) is 11.3. The molecule has 1 fully saturated rings. The fourth-order valence-electron chi connectivity index (χ4n) is 1.81. The zero-order valence-electron chi connectivity index (χ0n) is 9.27. The van der Waals surface area contributed by atoms with Crippen molar-refractivity contribution < 1.29 is 4.21 Å². The Kier molecular flexibility index (Phi) is 3.38. The predicted octanol–water partition coefficient (Wildman–Crippen LogP) is 0.690. The SMILES string of the molecule is Cc1cc(NC2CCS(=O)CC2)nc(N)n1. The first-order chi connectivity index (χ1) is 7.63. The van der Waals surface area contributed by atoms with Gasteiger partial charge in [0.1, 0.15) is 5.82 Å². The van der Waals surface area contributed by atoms with Crippen LogP contribution in [0.1, 0.15) is 18.5 Å². The third-order valence-corrected chi connectivity index (χ3v) is 3.99. The second kappa shape index (κ2) is 4.78. The molecule has 2 rings (SSSR count). The highest BCUT2D eigenvalue weighted by Gasteiger charge is 2.17. The molecule has 16 heavy (non-hydrogen) atoms. The number of aromatic nitrogens is 2. The van der Waals surface area contributed by atoms with Crippen LogP contribution in [-0.4, -0.2) is 31.7 Å². The number of nitrogen functional groups attached to an aromatic ring is 1. The summed E-state index contributed by atoms with van der Waals surface area (Å²) in [4.78, 5) is 8.14. The van der Waals surface area contributed by atoms with Crippen LogP contribution in [0.5, 0.6) is 0 Å². The van der Waals surface area contributed by atoms with Crippen LogP contribution >= 0.6 is 0 Å². The van der Waals surface area contributed by atoms with Crippen molar-refractivity contribution in [2.75, 3.05) is 22.6 Å². The van der Waals surface area contributed by atoms with E-state index in [4.69, 9.17) is 5.73 Å². The summed E-state index contributed by atoms with van der Waals surface area (Å²) in [6, 6.07) is 2.23. The summed E-state index contributed by atoms with van der Waals surface area (Å²) in [7, 11) is -0.625.